The van der Waals surface area contributed by atoms with E-state index in [9.17, 15) is 4.39 Å². The lowest BCUT2D eigenvalue weighted by atomic mass is 9.98. The Hall–Kier alpha value is -0.710. The van der Waals surface area contributed by atoms with Crippen LogP contribution in [-0.4, -0.2) is 0 Å². The minimum absolute atomic E-state index is 0.146. The van der Waals surface area contributed by atoms with Crippen LogP contribution in [0.25, 0.3) is 0 Å². The van der Waals surface area contributed by atoms with Crippen LogP contribution in [0.5, 0.6) is 0 Å². The first-order chi connectivity index (χ1) is 7.99. The molecule has 1 nitrogen and oxygen atoms in total. The molecule has 0 saturated heterocycles. The van der Waals surface area contributed by atoms with E-state index in [1.165, 1.54) is 0 Å². The summed E-state index contributed by atoms with van der Waals surface area (Å²) in [5.74, 6) is -0.146. The third-order valence-electron chi connectivity index (χ3n) is 2.76. The second kappa shape index (κ2) is 4.88. The van der Waals surface area contributed by atoms with Gasteiger partial charge in [-0.15, -0.1) is 11.3 Å². The van der Waals surface area contributed by atoms with Crippen molar-refractivity contribution in [2.45, 2.75) is 19.9 Å². The van der Waals surface area contributed by atoms with Crippen LogP contribution in [0, 0.1) is 19.7 Å². The third kappa shape index (κ3) is 2.59. The number of hydrogen-bond acceptors (Lipinski definition) is 2. The molecule has 17 heavy (non-hydrogen) atoms. The van der Waals surface area contributed by atoms with Gasteiger partial charge in [-0.3, -0.25) is 0 Å². The van der Waals surface area contributed by atoms with Gasteiger partial charge in [-0.1, -0.05) is 12.1 Å². The van der Waals surface area contributed by atoms with Gasteiger partial charge in [0.05, 0.1) is 9.83 Å². The molecule has 0 bridgehead atoms. The van der Waals surface area contributed by atoms with Gasteiger partial charge in [0.2, 0.25) is 0 Å². The number of thiophene rings is 1. The maximum Gasteiger partial charge on any atom is 0.129 e. The van der Waals surface area contributed by atoms with Crippen molar-refractivity contribution < 1.29 is 4.39 Å². The van der Waals surface area contributed by atoms with Gasteiger partial charge in [0.25, 0.3) is 0 Å². The largest absolute Gasteiger partial charge is 0.320 e. The molecule has 2 N–H and O–H groups in total. The Morgan fingerprint density at radius 3 is 2.24 bits per heavy atom. The Morgan fingerprint density at radius 2 is 1.76 bits per heavy atom. The highest BCUT2D eigenvalue weighted by Crippen LogP contribution is 2.29. The van der Waals surface area contributed by atoms with Crippen LogP contribution in [0.4, 0.5) is 4.39 Å². The molecule has 0 radical (unpaired) electrons. The highest BCUT2D eigenvalue weighted by Gasteiger charge is 2.13. The summed E-state index contributed by atoms with van der Waals surface area (Å²) >= 11 is 5.02. The topological polar surface area (TPSA) is 26.0 Å². The van der Waals surface area contributed by atoms with Crippen LogP contribution in [-0.2, 0) is 0 Å². The van der Waals surface area contributed by atoms with Gasteiger partial charge >= 0.3 is 0 Å². The second-order valence-corrected chi connectivity index (χ2v) is 6.42. The Balaban J connectivity index is 2.41. The van der Waals surface area contributed by atoms with E-state index in [-0.39, 0.29) is 11.9 Å². The minimum Gasteiger partial charge on any atom is -0.320 e. The number of halogens is 2. The van der Waals surface area contributed by atoms with Crippen LogP contribution >= 0.6 is 27.3 Å². The summed E-state index contributed by atoms with van der Waals surface area (Å²) in [5.41, 5.74) is 9.47. The van der Waals surface area contributed by atoms with Crippen molar-refractivity contribution >= 4 is 27.3 Å². The summed E-state index contributed by atoms with van der Waals surface area (Å²) in [5, 5.41) is 2.02. The van der Waals surface area contributed by atoms with E-state index in [0.29, 0.717) is 11.1 Å². The molecular formula is C13H13BrFNS. The van der Waals surface area contributed by atoms with Crippen molar-refractivity contribution in [1.29, 1.82) is 0 Å². The molecular weight excluding hydrogens is 301 g/mol. The average Bonchev–Trinajstić information content (AvgIpc) is 2.71. The highest BCUT2D eigenvalue weighted by atomic mass is 79.9. The van der Waals surface area contributed by atoms with Gasteiger partial charge in [-0.2, -0.15) is 0 Å². The Kier molecular flexibility index (Phi) is 3.66. The molecule has 1 unspecified atom stereocenters. The molecule has 2 rings (SSSR count). The molecule has 1 aromatic carbocycles. The molecule has 2 aromatic rings. The Bertz CT molecular complexity index is 527. The summed E-state index contributed by atoms with van der Waals surface area (Å²) in [6.45, 7) is 3.53. The van der Waals surface area contributed by atoms with E-state index in [1.54, 1.807) is 25.2 Å². The molecule has 0 aliphatic rings. The van der Waals surface area contributed by atoms with Crippen LogP contribution in [0.2, 0.25) is 0 Å². The van der Waals surface area contributed by atoms with Crippen LogP contribution in [0.3, 0.4) is 0 Å². The first-order valence-corrected chi connectivity index (χ1v) is 6.92. The lowest BCUT2D eigenvalue weighted by Gasteiger charge is -2.13. The predicted octanol–water partition coefficient (Wildman–Crippen LogP) is 4.31. The monoisotopic (exact) mass is 313 g/mol. The fourth-order valence-corrected chi connectivity index (χ4v) is 3.05. The van der Waals surface area contributed by atoms with Crippen molar-refractivity contribution in [3.63, 3.8) is 0 Å². The molecule has 90 valence electrons. The molecule has 1 heterocycles. The van der Waals surface area contributed by atoms with Crippen LogP contribution in [0.1, 0.15) is 28.3 Å². The van der Waals surface area contributed by atoms with Gasteiger partial charge in [-0.05, 0) is 63.5 Å². The summed E-state index contributed by atoms with van der Waals surface area (Å²) < 4.78 is 14.6. The maximum absolute atomic E-state index is 13.5. The van der Waals surface area contributed by atoms with E-state index >= 15 is 0 Å². The lowest BCUT2D eigenvalue weighted by Crippen LogP contribution is -2.11. The molecule has 4 heteroatoms. The van der Waals surface area contributed by atoms with Crippen LogP contribution < -0.4 is 5.73 Å². The van der Waals surface area contributed by atoms with E-state index in [1.807, 2.05) is 23.6 Å². The minimum atomic E-state index is -0.199. The molecule has 0 aliphatic heterocycles. The summed E-state index contributed by atoms with van der Waals surface area (Å²) in [6, 6.07) is 5.44. The van der Waals surface area contributed by atoms with Crippen molar-refractivity contribution in [3.05, 3.63) is 55.4 Å². The number of hydrogen-bond donors (Lipinski definition) is 1. The normalized spacial score (nSPS) is 12.8. The molecule has 1 aromatic heterocycles. The third-order valence-corrected chi connectivity index (χ3v) is 4.29. The fourth-order valence-electron chi connectivity index (χ4n) is 1.84. The van der Waals surface area contributed by atoms with Gasteiger partial charge in [-0.25, -0.2) is 4.39 Å². The first-order valence-electron chi connectivity index (χ1n) is 5.25. The fraction of sp³-hybridized carbons (Fsp3) is 0.231. The Labute approximate surface area is 113 Å². The molecule has 0 amide bonds. The number of benzene rings is 1. The smallest absolute Gasteiger partial charge is 0.129 e. The van der Waals surface area contributed by atoms with Gasteiger partial charge in [0, 0.05) is 0 Å². The number of aryl methyl sites for hydroxylation is 2. The highest BCUT2D eigenvalue weighted by molar-refractivity contribution is 9.11. The van der Waals surface area contributed by atoms with E-state index in [0.717, 1.165) is 14.9 Å². The number of rotatable bonds is 2. The van der Waals surface area contributed by atoms with Crippen molar-refractivity contribution in [2.24, 2.45) is 5.73 Å². The SMILES string of the molecule is Cc1cc(C(N)c2csc(Br)c2)cc(C)c1F. The van der Waals surface area contributed by atoms with E-state index in [2.05, 4.69) is 15.9 Å². The molecule has 0 aliphatic carbocycles. The Morgan fingerprint density at radius 1 is 1.18 bits per heavy atom. The van der Waals surface area contributed by atoms with Crippen molar-refractivity contribution in [1.82, 2.24) is 0 Å². The van der Waals surface area contributed by atoms with Gasteiger partial charge in [0.1, 0.15) is 5.82 Å². The standard InChI is InChI=1S/C13H13BrFNS/c1-7-3-9(4-8(2)12(7)15)13(16)10-5-11(14)17-6-10/h3-6,13H,16H2,1-2H3. The van der Waals surface area contributed by atoms with E-state index in [4.69, 9.17) is 5.73 Å². The molecule has 0 saturated carbocycles. The summed E-state index contributed by atoms with van der Waals surface area (Å²) in [6.07, 6.45) is 0. The zero-order valence-corrected chi connectivity index (χ0v) is 12.0. The zero-order chi connectivity index (χ0) is 12.6. The maximum atomic E-state index is 13.5. The second-order valence-electron chi connectivity index (χ2n) is 4.13. The average molecular weight is 314 g/mol. The van der Waals surface area contributed by atoms with E-state index < -0.39 is 0 Å². The predicted molar refractivity (Wildman–Crippen MR) is 73.9 cm³/mol. The van der Waals surface area contributed by atoms with Crippen molar-refractivity contribution in [3.8, 4) is 0 Å². The molecule has 0 spiro atoms. The van der Waals surface area contributed by atoms with Crippen molar-refractivity contribution in [2.75, 3.05) is 0 Å². The zero-order valence-electron chi connectivity index (χ0n) is 9.63. The molecule has 0 fully saturated rings. The lowest BCUT2D eigenvalue weighted by molar-refractivity contribution is 0.607. The summed E-state index contributed by atoms with van der Waals surface area (Å²) in [4.78, 5) is 0. The van der Waals surface area contributed by atoms with Gasteiger partial charge in [0.15, 0.2) is 0 Å². The first kappa shape index (κ1) is 12.7. The quantitative estimate of drug-likeness (QED) is 0.878. The number of nitrogens with two attached hydrogens (primary N) is 1. The van der Waals surface area contributed by atoms with Gasteiger partial charge < -0.3 is 5.73 Å². The molecule has 1 atom stereocenters. The summed E-state index contributed by atoms with van der Waals surface area (Å²) in [7, 11) is 0. The van der Waals surface area contributed by atoms with Crippen LogP contribution in [0.15, 0.2) is 27.4 Å².